The van der Waals surface area contributed by atoms with E-state index in [1.165, 1.54) is 37.7 Å². The van der Waals surface area contributed by atoms with E-state index in [1.54, 1.807) is 0 Å². The molecule has 11 atom stereocenters. The van der Waals surface area contributed by atoms with Crippen molar-refractivity contribution in [2.45, 2.75) is 119 Å². The molecule has 2 N–H and O–H groups in total. The van der Waals surface area contributed by atoms with Gasteiger partial charge in [0.15, 0.2) is 0 Å². The van der Waals surface area contributed by atoms with Crippen LogP contribution in [0.5, 0.6) is 0 Å². The monoisotopic (exact) mass is 472 g/mol. The molecule has 3 nitrogen and oxygen atoms in total. The molecule has 5 aliphatic rings. The second kappa shape index (κ2) is 7.50. The third kappa shape index (κ3) is 2.84. The van der Waals surface area contributed by atoms with E-state index in [9.17, 15) is 10.2 Å². The molecule has 0 amide bonds. The van der Waals surface area contributed by atoms with Crippen molar-refractivity contribution in [3.8, 4) is 0 Å². The number of aliphatic hydroxyl groups excluding tert-OH is 2. The molecule has 5 rings (SSSR count). The minimum Gasteiger partial charge on any atom is -0.510 e. The van der Waals surface area contributed by atoms with Crippen LogP contribution in [0.1, 0.15) is 107 Å². The molecule has 0 aliphatic heterocycles. The van der Waals surface area contributed by atoms with Crippen molar-refractivity contribution < 1.29 is 14.9 Å². The fraction of sp³-hybridized carbons (Fsp3) is 0.935. The molecule has 0 bridgehead atoms. The van der Waals surface area contributed by atoms with E-state index in [2.05, 4.69) is 55.4 Å². The second-order valence-electron chi connectivity index (χ2n) is 15.2. The number of ether oxygens (including phenoxy) is 1. The van der Waals surface area contributed by atoms with Gasteiger partial charge in [0, 0.05) is 13.0 Å². The molecule has 0 spiro atoms. The summed E-state index contributed by atoms with van der Waals surface area (Å²) in [5.74, 6) is 3.03. The van der Waals surface area contributed by atoms with E-state index in [4.69, 9.17) is 4.74 Å². The zero-order valence-corrected chi connectivity index (χ0v) is 23.5. The Hall–Kier alpha value is -0.540. The highest BCUT2D eigenvalue weighted by molar-refractivity contribution is 5.38. The van der Waals surface area contributed by atoms with Crippen molar-refractivity contribution >= 4 is 0 Å². The second-order valence-corrected chi connectivity index (χ2v) is 15.2. The van der Waals surface area contributed by atoms with Crippen molar-refractivity contribution in [1.82, 2.24) is 0 Å². The van der Waals surface area contributed by atoms with Crippen LogP contribution < -0.4 is 0 Å². The Morgan fingerprint density at radius 1 is 0.853 bits per heavy atom. The summed E-state index contributed by atoms with van der Waals surface area (Å²) < 4.78 is 6.35. The van der Waals surface area contributed by atoms with Gasteiger partial charge in [-0.2, -0.15) is 0 Å². The van der Waals surface area contributed by atoms with Crippen LogP contribution in [0.25, 0.3) is 0 Å². The number of hydrogen-bond donors (Lipinski definition) is 2. The standard InChI is InChI=1S/C31H52O3/c1-18-10-13-28(5)16-17-30(7)23(22(28)19(18)2)24(33)25(34-9)26-29(6)14-12-21(32)27(3,4)20(29)11-15-31(26,30)8/h18-22,25-26,32-33H,10-17H2,1-9H3. The third-order valence-corrected chi connectivity index (χ3v) is 13.7. The van der Waals surface area contributed by atoms with Crippen molar-refractivity contribution in [3.63, 3.8) is 0 Å². The van der Waals surface area contributed by atoms with Gasteiger partial charge >= 0.3 is 0 Å². The van der Waals surface area contributed by atoms with Gasteiger partial charge in [0.25, 0.3) is 0 Å². The lowest BCUT2D eigenvalue weighted by Gasteiger charge is -2.72. The Morgan fingerprint density at radius 3 is 2.18 bits per heavy atom. The molecule has 4 saturated carbocycles. The van der Waals surface area contributed by atoms with Crippen molar-refractivity contribution in [3.05, 3.63) is 11.3 Å². The lowest BCUT2D eigenvalue weighted by atomic mass is 9.32. The van der Waals surface area contributed by atoms with E-state index in [-0.39, 0.29) is 45.2 Å². The molecule has 0 aromatic rings. The van der Waals surface area contributed by atoms with Crippen molar-refractivity contribution in [2.24, 2.45) is 56.7 Å². The number of allylic oxidation sites excluding steroid dienone is 1. The van der Waals surface area contributed by atoms with Crippen LogP contribution in [0.2, 0.25) is 0 Å². The number of aliphatic hydroxyl groups is 2. The molecule has 3 heteroatoms. The molecule has 0 radical (unpaired) electrons. The molecule has 0 aromatic carbocycles. The first-order valence-electron chi connectivity index (χ1n) is 14.3. The Balaban J connectivity index is 1.71. The lowest BCUT2D eigenvalue weighted by Crippen LogP contribution is -2.68. The quantitative estimate of drug-likeness (QED) is 0.414. The van der Waals surface area contributed by atoms with Gasteiger partial charge in [0.05, 0.1) is 6.10 Å². The molecule has 11 unspecified atom stereocenters. The number of fused-ring (bicyclic) bond motifs is 7. The lowest BCUT2D eigenvalue weighted by molar-refractivity contribution is -0.237. The minimum absolute atomic E-state index is 0.000459. The SMILES string of the molecule is COC1C(O)=C2C3C(C)C(C)CCC3(C)CCC2(C)C2(C)CCC3C(C)(C)C(O)CCC3(C)C12. The maximum absolute atomic E-state index is 12.2. The maximum atomic E-state index is 12.2. The van der Waals surface area contributed by atoms with Crippen molar-refractivity contribution in [2.75, 3.05) is 7.11 Å². The average Bonchev–Trinajstić information content (AvgIpc) is 2.76. The van der Waals surface area contributed by atoms with Crippen molar-refractivity contribution in [1.29, 1.82) is 0 Å². The molecule has 0 heterocycles. The van der Waals surface area contributed by atoms with E-state index in [0.717, 1.165) is 19.3 Å². The van der Waals surface area contributed by atoms with Crippen LogP contribution in [-0.4, -0.2) is 29.5 Å². The van der Waals surface area contributed by atoms with Gasteiger partial charge in [0.2, 0.25) is 0 Å². The topological polar surface area (TPSA) is 49.7 Å². The zero-order chi connectivity index (χ0) is 25.1. The summed E-state index contributed by atoms with van der Waals surface area (Å²) >= 11 is 0. The van der Waals surface area contributed by atoms with Crippen LogP contribution in [0.15, 0.2) is 11.3 Å². The van der Waals surface area contributed by atoms with Crippen LogP contribution in [0.4, 0.5) is 0 Å². The highest BCUT2D eigenvalue weighted by atomic mass is 16.5. The van der Waals surface area contributed by atoms with Gasteiger partial charge in [-0.25, -0.2) is 0 Å². The van der Waals surface area contributed by atoms with Gasteiger partial charge in [-0.15, -0.1) is 0 Å². The summed E-state index contributed by atoms with van der Waals surface area (Å²) in [5.41, 5.74) is 1.69. The van der Waals surface area contributed by atoms with Gasteiger partial charge in [-0.1, -0.05) is 55.4 Å². The first kappa shape index (κ1) is 25.1. The molecule has 5 aliphatic carbocycles. The molecular formula is C31H52O3. The first-order chi connectivity index (χ1) is 15.7. The van der Waals surface area contributed by atoms with Gasteiger partial charge in [-0.3, -0.25) is 0 Å². The van der Waals surface area contributed by atoms with E-state index < -0.39 is 0 Å². The van der Waals surface area contributed by atoms with Crippen LogP contribution in [0.3, 0.4) is 0 Å². The van der Waals surface area contributed by atoms with Crippen LogP contribution in [0, 0.1) is 56.7 Å². The predicted octanol–water partition coefficient (Wildman–Crippen LogP) is 7.54. The number of hydrogen-bond acceptors (Lipinski definition) is 3. The summed E-state index contributed by atoms with van der Waals surface area (Å²) in [5, 5.41) is 23.2. The Labute approximate surface area is 209 Å². The highest BCUT2D eigenvalue weighted by Gasteiger charge is 2.71. The number of rotatable bonds is 1. The molecular weight excluding hydrogens is 420 g/mol. The third-order valence-electron chi connectivity index (χ3n) is 13.7. The summed E-state index contributed by atoms with van der Waals surface area (Å²) in [6, 6.07) is 0. The average molecular weight is 473 g/mol. The van der Waals surface area contributed by atoms with Gasteiger partial charge < -0.3 is 14.9 Å². The normalized spacial score (nSPS) is 56.7. The largest absolute Gasteiger partial charge is 0.510 e. The predicted molar refractivity (Wildman–Crippen MR) is 138 cm³/mol. The summed E-state index contributed by atoms with van der Waals surface area (Å²) in [6.07, 6.45) is 8.76. The molecule has 0 saturated heterocycles. The summed E-state index contributed by atoms with van der Waals surface area (Å²) in [6.45, 7) is 19.5. The van der Waals surface area contributed by atoms with E-state index in [0.29, 0.717) is 29.4 Å². The number of methoxy groups -OCH3 is 1. The smallest absolute Gasteiger partial charge is 0.121 e. The van der Waals surface area contributed by atoms with E-state index >= 15 is 0 Å². The Kier molecular flexibility index (Phi) is 5.54. The molecule has 0 aromatic heterocycles. The first-order valence-corrected chi connectivity index (χ1v) is 14.3. The fourth-order valence-electron chi connectivity index (χ4n) is 11.2. The van der Waals surface area contributed by atoms with Crippen LogP contribution in [-0.2, 0) is 4.74 Å². The summed E-state index contributed by atoms with van der Waals surface area (Å²) in [4.78, 5) is 0. The van der Waals surface area contributed by atoms with E-state index in [1.807, 2.05) is 7.11 Å². The maximum Gasteiger partial charge on any atom is 0.121 e. The zero-order valence-electron chi connectivity index (χ0n) is 23.5. The Bertz CT molecular complexity index is 876. The highest BCUT2D eigenvalue weighted by Crippen LogP contribution is 2.76. The van der Waals surface area contributed by atoms with Gasteiger partial charge in [-0.05, 0) is 108 Å². The summed E-state index contributed by atoms with van der Waals surface area (Å²) in [7, 11) is 1.83. The molecule has 4 fully saturated rings. The molecule has 34 heavy (non-hydrogen) atoms. The Morgan fingerprint density at radius 2 is 1.53 bits per heavy atom. The molecule has 194 valence electrons. The minimum atomic E-state index is -0.241. The van der Waals surface area contributed by atoms with Gasteiger partial charge in [0.1, 0.15) is 11.9 Å². The fourth-order valence-corrected chi connectivity index (χ4v) is 11.2. The van der Waals surface area contributed by atoms with Crippen LogP contribution >= 0.6 is 0 Å².